The number of carbonyl (C=O) groups excluding carboxylic acids is 1. The Bertz CT molecular complexity index is 1040. The Morgan fingerprint density at radius 2 is 1.67 bits per heavy atom. The molecular formula is C21H25F3N2O3S. The van der Waals surface area contributed by atoms with Gasteiger partial charge in [-0.15, -0.1) is 0 Å². The largest absolute Gasteiger partial charge is 0.416 e. The second-order valence-electron chi connectivity index (χ2n) is 7.36. The SMILES string of the molecule is Cc1ccc([C@H](C)NC(=O)[C@@H](C)N(c2cccc(C(F)(F)F)c2)S(C)(=O)=O)cc1C. The maximum atomic E-state index is 13.1. The third-order valence-corrected chi connectivity index (χ3v) is 6.15. The van der Waals surface area contributed by atoms with Crippen LogP contribution in [0.3, 0.4) is 0 Å². The van der Waals surface area contributed by atoms with Crippen molar-refractivity contribution in [1.29, 1.82) is 0 Å². The first-order valence-electron chi connectivity index (χ1n) is 9.26. The fourth-order valence-corrected chi connectivity index (χ4v) is 4.25. The lowest BCUT2D eigenvalue weighted by Crippen LogP contribution is -2.48. The molecule has 0 aromatic heterocycles. The Balaban J connectivity index is 2.32. The molecule has 0 unspecified atom stereocenters. The van der Waals surface area contributed by atoms with Gasteiger partial charge >= 0.3 is 6.18 Å². The molecule has 0 fully saturated rings. The summed E-state index contributed by atoms with van der Waals surface area (Å²) in [5, 5.41) is 2.74. The summed E-state index contributed by atoms with van der Waals surface area (Å²) in [4.78, 5) is 12.8. The third kappa shape index (κ3) is 5.53. The molecule has 0 saturated heterocycles. The summed E-state index contributed by atoms with van der Waals surface area (Å²) >= 11 is 0. The Morgan fingerprint density at radius 1 is 1.03 bits per heavy atom. The number of hydrogen-bond donors (Lipinski definition) is 1. The number of aryl methyl sites for hydroxylation is 2. The molecule has 0 saturated carbocycles. The maximum absolute atomic E-state index is 13.1. The zero-order valence-electron chi connectivity index (χ0n) is 17.4. The van der Waals surface area contributed by atoms with Gasteiger partial charge in [0.25, 0.3) is 0 Å². The van der Waals surface area contributed by atoms with Crippen LogP contribution in [-0.4, -0.2) is 26.6 Å². The number of alkyl halides is 3. The van der Waals surface area contributed by atoms with Crippen molar-refractivity contribution >= 4 is 21.6 Å². The van der Waals surface area contributed by atoms with E-state index >= 15 is 0 Å². The van der Waals surface area contributed by atoms with Crippen molar-refractivity contribution in [2.45, 2.75) is 46.0 Å². The highest BCUT2D eigenvalue weighted by molar-refractivity contribution is 7.92. The monoisotopic (exact) mass is 442 g/mol. The van der Waals surface area contributed by atoms with Crippen LogP contribution >= 0.6 is 0 Å². The van der Waals surface area contributed by atoms with E-state index < -0.39 is 39.8 Å². The first-order valence-corrected chi connectivity index (χ1v) is 11.1. The standard InChI is InChI=1S/C21H25F3N2O3S/c1-13-9-10-17(11-14(13)2)15(3)25-20(27)16(4)26(30(5,28)29)19-8-6-7-18(12-19)21(22,23)24/h6-12,15-16H,1-5H3,(H,25,27)/t15-,16+/m0/s1. The van der Waals surface area contributed by atoms with Crippen LogP contribution in [0.2, 0.25) is 0 Å². The number of carbonyl (C=O) groups is 1. The number of anilines is 1. The number of rotatable bonds is 6. The summed E-state index contributed by atoms with van der Waals surface area (Å²) in [5.41, 5.74) is 1.75. The van der Waals surface area contributed by atoms with E-state index in [1.54, 1.807) is 6.92 Å². The van der Waals surface area contributed by atoms with E-state index in [0.29, 0.717) is 4.31 Å². The number of nitrogens with zero attached hydrogens (tertiary/aromatic N) is 1. The first-order chi connectivity index (χ1) is 13.7. The fraction of sp³-hybridized carbons (Fsp3) is 0.381. The summed E-state index contributed by atoms with van der Waals surface area (Å²) in [6.07, 6.45) is -3.79. The van der Waals surface area contributed by atoms with E-state index in [2.05, 4.69) is 5.32 Å². The predicted octanol–water partition coefficient (Wildman–Crippen LogP) is 4.35. The Morgan fingerprint density at radius 3 is 2.20 bits per heavy atom. The molecule has 1 amide bonds. The number of halogens is 3. The number of benzene rings is 2. The van der Waals surface area contributed by atoms with Gasteiger partial charge in [0.15, 0.2) is 0 Å². The average molecular weight is 443 g/mol. The topological polar surface area (TPSA) is 66.5 Å². The molecule has 164 valence electrons. The molecule has 0 aliphatic heterocycles. The second-order valence-corrected chi connectivity index (χ2v) is 9.22. The molecule has 0 heterocycles. The van der Waals surface area contributed by atoms with Gasteiger partial charge in [-0.2, -0.15) is 13.2 Å². The smallest absolute Gasteiger partial charge is 0.348 e. The van der Waals surface area contributed by atoms with E-state index in [1.807, 2.05) is 32.0 Å². The van der Waals surface area contributed by atoms with Crippen LogP contribution < -0.4 is 9.62 Å². The van der Waals surface area contributed by atoms with Crippen molar-refractivity contribution in [3.05, 3.63) is 64.7 Å². The minimum absolute atomic E-state index is 0.228. The summed E-state index contributed by atoms with van der Waals surface area (Å²) in [7, 11) is -4.03. The van der Waals surface area contributed by atoms with Crippen LogP contribution in [0.15, 0.2) is 42.5 Å². The third-order valence-electron chi connectivity index (χ3n) is 4.91. The minimum atomic E-state index is -4.64. The van der Waals surface area contributed by atoms with Crippen molar-refractivity contribution in [3.63, 3.8) is 0 Å². The molecule has 2 aromatic carbocycles. The van der Waals surface area contributed by atoms with Crippen LogP contribution in [0.4, 0.5) is 18.9 Å². The molecule has 2 atom stereocenters. The molecule has 5 nitrogen and oxygen atoms in total. The lowest BCUT2D eigenvalue weighted by molar-refractivity contribution is -0.137. The van der Waals surface area contributed by atoms with E-state index in [0.717, 1.165) is 41.1 Å². The van der Waals surface area contributed by atoms with Crippen molar-refractivity contribution in [2.24, 2.45) is 0 Å². The molecule has 9 heteroatoms. The van der Waals surface area contributed by atoms with E-state index in [-0.39, 0.29) is 5.69 Å². The summed E-state index contributed by atoms with van der Waals surface area (Å²) in [6.45, 7) is 6.99. The molecule has 0 aliphatic carbocycles. The van der Waals surface area contributed by atoms with E-state index in [9.17, 15) is 26.4 Å². The van der Waals surface area contributed by atoms with Crippen LogP contribution in [0.5, 0.6) is 0 Å². The number of sulfonamides is 1. The number of amides is 1. The molecule has 0 bridgehead atoms. The summed E-state index contributed by atoms with van der Waals surface area (Å²) in [6, 6.07) is 7.94. The van der Waals surface area contributed by atoms with Crippen LogP contribution in [0, 0.1) is 13.8 Å². The van der Waals surface area contributed by atoms with Crippen molar-refractivity contribution in [1.82, 2.24) is 5.32 Å². The maximum Gasteiger partial charge on any atom is 0.416 e. The molecule has 0 spiro atoms. The molecule has 30 heavy (non-hydrogen) atoms. The van der Waals surface area contributed by atoms with Gasteiger partial charge in [0.2, 0.25) is 15.9 Å². The Kier molecular flexibility index (Phi) is 6.86. The van der Waals surface area contributed by atoms with Crippen molar-refractivity contribution in [3.8, 4) is 0 Å². The molecule has 2 rings (SSSR count). The van der Waals surface area contributed by atoms with Gasteiger partial charge in [0.05, 0.1) is 23.5 Å². The molecular weight excluding hydrogens is 417 g/mol. The van der Waals surface area contributed by atoms with Gasteiger partial charge in [-0.05, 0) is 62.6 Å². The number of hydrogen-bond acceptors (Lipinski definition) is 3. The quantitative estimate of drug-likeness (QED) is 0.723. The van der Waals surface area contributed by atoms with Gasteiger partial charge in [-0.1, -0.05) is 24.3 Å². The zero-order valence-corrected chi connectivity index (χ0v) is 18.2. The van der Waals surface area contributed by atoms with Crippen molar-refractivity contribution in [2.75, 3.05) is 10.6 Å². The first kappa shape index (κ1) is 23.7. The summed E-state index contributed by atoms with van der Waals surface area (Å²) in [5.74, 6) is -0.622. The molecule has 0 aliphatic rings. The Hall–Kier alpha value is -2.55. The fourth-order valence-electron chi connectivity index (χ4n) is 3.08. The van der Waals surface area contributed by atoms with Crippen LogP contribution in [-0.2, 0) is 21.0 Å². The number of nitrogens with one attached hydrogen (secondary N) is 1. The Labute approximate surface area is 175 Å². The molecule has 0 radical (unpaired) electrons. The van der Waals surface area contributed by atoms with Gasteiger partial charge in [-0.25, -0.2) is 8.42 Å². The van der Waals surface area contributed by atoms with Crippen LogP contribution in [0.1, 0.15) is 42.1 Å². The normalized spacial score (nSPS) is 14.1. The lowest BCUT2D eigenvalue weighted by Gasteiger charge is -2.29. The molecule has 1 N–H and O–H groups in total. The molecule has 2 aromatic rings. The van der Waals surface area contributed by atoms with Crippen molar-refractivity contribution < 1.29 is 26.4 Å². The highest BCUT2D eigenvalue weighted by Gasteiger charge is 2.34. The average Bonchev–Trinajstić information content (AvgIpc) is 2.62. The zero-order chi connectivity index (χ0) is 22.9. The van der Waals surface area contributed by atoms with Gasteiger partial charge < -0.3 is 5.32 Å². The van der Waals surface area contributed by atoms with E-state index in [4.69, 9.17) is 0 Å². The lowest BCUT2D eigenvalue weighted by atomic mass is 10.0. The predicted molar refractivity (Wildman–Crippen MR) is 111 cm³/mol. The van der Waals surface area contributed by atoms with Crippen LogP contribution in [0.25, 0.3) is 0 Å². The van der Waals surface area contributed by atoms with Gasteiger partial charge in [-0.3, -0.25) is 9.10 Å². The second kappa shape index (κ2) is 8.67. The van der Waals surface area contributed by atoms with E-state index in [1.165, 1.54) is 13.0 Å². The highest BCUT2D eigenvalue weighted by atomic mass is 32.2. The minimum Gasteiger partial charge on any atom is -0.348 e. The van der Waals surface area contributed by atoms with Gasteiger partial charge in [0.1, 0.15) is 6.04 Å². The van der Waals surface area contributed by atoms with Gasteiger partial charge in [0, 0.05) is 0 Å². The highest BCUT2D eigenvalue weighted by Crippen LogP contribution is 2.33. The summed E-state index contributed by atoms with van der Waals surface area (Å²) < 4.78 is 64.6.